The minimum absolute atomic E-state index is 0.398. The molecule has 17 heavy (non-hydrogen) atoms. The summed E-state index contributed by atoms with van der Waals surface area (Å²) >= 11 is 0. The van der Waals surface area contributed by atoms with E-state index in [9.17, 15) is 0 Å². The van der Waals surface area contributed by atoms with Crippen LogP contribution in [0.5, 0.6) is 11.5 Å². The van der Waals surface area contributed by atoms with Crippen LogP contribution in [0.3, 0.4) is 0 Å². The molecule has 1 radical (unpaired) electrons. The zero-order valence-corrected chi connectivity index (χ0v) is 10.8. The lowest BCUT2D eigenvalue weighted by Gasteiger charge is -2.10. The highest BCUT2D eigenvalue weighted by molar-refractivity contribution is 5.53. The lowest BCUT2D eigenvalue weighted by atomic mass is 10.2. The Kier molecular flexibility index (Phi) is 6.30. The molecule has 1 rings (SSSR count). The Balaban J connectivity index is 2.47. The molecule has 0 atom stereocenters. The predicted molar refractivity (Wildman–Crippen MR) is 70.0 cm³/mol. The fourth-order valence-electron chi connectivity index (χ4n) is 1.39. The summed E-state index contributed by atoms with van der Waals surface area (Å²) in [6, 6.07) is 5.41. The van der Waals surface area contributed by atoms with Gasteiger partial charge in [0.25, 0.3) is 0 Å². The fourth-order valence-corrected chi connectivity index (χ4v) is 1.39. The van der Waals surface area contributed by atoms with E-state index in [1.165, 1.54) is 0 Å². The van der Waals surface area contributed by atoms with Gasteiger partial charge in [-0.05, 0) is 25.0 Å². The van der Waals surface area contributed by atoms with Crippen LogP contribution in [0.15, 0.2) is 18.2 Å². The van der Waals surface area contributed by atoms with Crippen molar-refractivity contribution in [2.45, 2.75) is 39.5 Å². The third-order valence-electron chi connectivity index (χ3n) is 2.47. The first-order valence-corrected chi connectivity index (χ1v) is 6.39. The first-order valence-electron chi connectivity index (χ1n) is 6.39. The largest absolute Gasteiger partial charge is 0.494 e. The Morgan fingerprint density at radius 3 is 2.24 bits per heavy atom. The lowest BCUT2D eigenvalue weighted by molar-refractivity contribution is 0.301. The van der Waals surface area contributed by atoms with Crippen LogP contribution in [0, 0.1) is 0 Å². The zero-order valence-electron chi connectivity index (χ0n) is 10.8. The second-order valence-electron chi connectivity index (χ2n) is 4.06. The van der Waals surface area contributed by atoms with Gasteiger partial charge in [-0.15, -0.1) is 0 Å². The van der Waals surface area contributed by atoms with Crippen molar-refractivity contribution < 1.29 is 9.47 Å². The Morgan fingerprint density at radius 2 is 1.65 bits per heavy atom. The van der Waals surface area contributed by atoms with E-state index in [1.807, 2.05) is 12.1 Å². The molecule has 0 aliphatic rings. The van der Waals surface area contributed by atoms with Crippen LogP contribution in [0.4, 0.5) is 5.69 Å². The fraction of sp³-hybridized carbons (Fsp3) is 0.571. The van der Waals surface area contributed by atoms with Gasteiger partial charge in [0.1, 0.15) is 11.5 Å². The Labute approximate surface area is 104 Å². The maximum absolute atomic E-state index is 7.82. The van der Waals surface area contributed by atoms with Gasteiger partial charge in [0.2, 0.25) is 0 Å². The van der Waals surface area contributed by atoms with E-state index < -0.39 is 0 Å². The molecule has 0 fully saturated rings. The minimum Gasteiger partial charge on any atom is -0.494 e. The number of ether oxygens (including phenoxy) is 2. The molecule has 0 spiro atoms. The number of rotatable bonds is 8. The second kappa shape index (κ2) is 7.82. The summed E-state index contributed by atoms with van der Waals surface area (Å²) in [4.78, 5) is 0. The van der Waals surface area contributed by atoms with Crippen molar-refractivity contribution in [3.05, 3.63) is 18.2 Å². The number of nitrogens with one attached hydrogen (secondary N) is 1. The van der Waals surface area contributed by atoms with Crippen molar-refractivity contribution in [3.8, 4) is 11.5 Å². The van der Waals surface area contributed by atoms with Crippen LogP contribution in [-0.4, -0.2) is 13.2 Å². The minimum atomic E-state index is 0.398. The molecule has 0 bridgehead atoms. The highest BCUT2D eigenvalue weighted by Crippen LogP contribution is 2.27. The highest BCUT2D eigenvalue weighted by atomic mass is 16.5. The molecule has 0 amide bonds. The average Bonchev–Trinajstić information content (AvgIpc) is 2.32. The van der Waals surface area contributed by atoms with Crippen molar-refractivity contribution in [2.24, 2.45) is 0 Å². The molecule has 0 unspecified atom stereocenters. The summed E-state index contributed by atoms with van der Waals surface area (Å²) < 4.78 is 11.0. The van der Waals surface area contributed by atoms with E-state index in [0.29, 0.717) is 24.7 Å². The third kappa shape index (κ3) is 4.98. The molecule has 0 saturated carbocycles. The van der Waals surface area contributed by atoms with Crippen molar-refractivity contribution in [1.29, 1.82) is 0 Å². The topological polar surface area (TPSA) is 42.3 Å². The van der Waals surface area contributed by atoms with Gasteiger partial charge in [-0.1, -0.05) is 26.7 Å². The van der Waals surface area contributed by atoms with Gasteiger partial charge in [0.15, 0.2) is 0 Å². The standard InChI is InChI=1S/C14H22NO2/c1-3-5-9-16-12-7-8-14(13(15)11-12)17-10-6-4-2/h7-8,11,15H,3-6,9-10H2,1-2H3. The van der Waals surface area contributed by atoms with E-state index >= 15 is 0 Å². The summed E-state index contributed by atoms with van der Waals surface area (Å²) in [6.45, 7) is 5.64. The van der Waals surface area contributed by atoms with E-state index in [4.69, 9.17) is 15.2 Å². The molecule has 1 N–H and O–H groups in total. The van der Waals surface area contributed by atoms with Gasteiger partial charge < -0.3 is 9.47 Å². The Hall–Kier alpha value is -1.38. The Morgan fingerprint density at radius 1 is 1.00 bits per heavy atom. The highest BCUT2D eigenvalue weighted by Gasteiger charge is 2.03. The summed E-state index contributed by atoms with van der Waals surface area (Å²) in [6.07, 6.45) is 4.29. The van der Waals surface area contributed by atoms with Crippen LogP contribution in [-0.2, 0) is 0 Å². The van der Waals surface area contributed by atoms with Crippen LogP contribution in [0.1, 0.15) is 39.5 Å². The second-order valence-corrected chi connectivity index (χ2v) is 4.06. The molecule has 95 valence electrons. The molecule has 1 aromatic rings. The molecular weight excluding hydrogens is 214 g/mol. The van der Waals surface area contributed by atoms with E-state index in [-0.39, 0.29) is 0 Å². The van der Waals surface area contributed by atoms with Gasteiger partial charge in [0, 0.05) is 6.07 Å². The number of hydrogen-bond donors (Lipinski definition) is 0. The van der Waals surface area contributed by atoms with Gasteiger partial charge in [0.05, 0.1) is 18.9 Å². The maximum Gasteiger partial charge on any atom is 0.144 e. The van der Waals surface area contributed by atoms with Gasteiger partial charge in [-0.3, -0.25) is 5.73 Å². The van der Waals surface area contributed by atoms with Crippen LogP contribution in [0.2, 0.25) is 0 Å². The first-order chi connectivity index (χ1) is 8.27. The predicted octanol–water partition coefficient (Wildman–Crippen LogP) is 3.96. The molecule has 1 aromatic carbocycles. The molecule has 3 nitrogen and oxygen atoms in total. The molecule has 0 heterocycles. The lowest BCUT2D eigenvalue weighted by Crippen LogP contribution is -1.99. The SMILES string of the molecule is CCCCOc1ccc(OCCCC)c([NH])c1. The van der Waals surface area contributed by atoms with E-state index in [2.05, 4.69) is 13.8 Å². The molecule has 0 aromatic heterocycles. The molecule has 0 saturated heterocycles. The smallest absolute Gasteiger partial charge is 0.144 e. The van der Waals surface area contributed by atoms with E-state index in [1.54, 1.807) is 6.07 Å². The monoisotopic (exact) mass is 236 g/mol. The number of benzene rings is 1. The van der Waals surface area contributed by atoms with Crippen molar-refractivity contribution in [3.63, 3.8) is 0 Å². The average molecular weight is 236 g/mol. The Bertz CT molecular complexity index is 326. The van der Waals surface area contributed by atoms with Crippen LogP contribution >= 0.6 is 0 Å². The molecule has 0 aliphatic heterocycles. The molecule has 0 aliphatic carbocycles. The summed E-state index contributed by atoms with van der Waals surface area (Å²) in [5, 5.41) is 0. The van der Waals surface area contributed by atoms with Gasteiger partial charge in [-0.25, -0.2) is 0 Å². The zero-order chi connectivity index (χ0) is 12.5. The third-order valence-corrected chi connectivity index (χ3v) is 2.47. The van der Waals surface area contributed by atoms with Gasteiger partial charge >= 0.3 is 0 Å². The molecular formula is C14H22NO2. The van der Waals surface area contributed by atoms with Crippen molar-refractivity contribution >= 4 is 5.69 Å². The van der Waals surface area contributed by atoms with Crippen molar-refractivity contribution in [1.82, 2.24) is 5.73 Å². The molecule has 3 heteroatoms. The summed E-state index contributed by atoms with van der Waals surface area (Å²) in [7, 11) is 0. The number of hydrogen-bond acceptors (Lipinski definition) is 2. The first kappa shape index (κ1) is 13.7. The summed E-state index contributed by atoms with van der Waals surface area (Å²) in [5.74, 6) is 1.40. The van der Waals surface area contributed by atoms with Gasteiger partial charge in [-0.2, -0.15) is 0 Å². The van der Waals surface area contributed by atoms with Crippen molar-refractivity contribution in [2.75, 3.05) is 13.2 Å². The summed E-state index contributed by atoms with van der Waals surface area (Å²) in [5.41, 5.74) is 8.22. The normalized spacial score (nSPS) is 10.2. The maximum atomic E-state index is 7.82. The number of unbranched alkanes of at least 4 members (excludes halogenated alkanes) is 2. The quantitative estimate of drug-likeness (QED) is 0.641. The van der Waals surface area contributed by atoms with Crippen LogP contribution < -0.4 is 15.2 Å². The van der Waals surface area contributed by atoms with E-state index in [0.717, 1.165) is 31.4 Å². The van der Waals surface area contributed by atoms with Crippen LogP contribution in [0.25, 0.3) is 0 Å².